The molecule has 0 saturated carbocycles. The number of halogens is 2. The molecule has 7 heteroatoms. The minimum Gasteiger partial charge on any atom is -0.487 e. The highest BCUT2D eigenvalue weighted by Crippen LogP contribution is 2.24. The van der Waals surface area contributed by atoms with Crippen molar-refractivity contribution in [2.24, 2.45) is 0 Å². The molecule has 0 heterocycles. The van der Waals surface area contributed by atoms with Gasteiger partial charge in [-0.15, -0.1) is 12.4 Å². The van der Waals surface area contributed by atoms with E-state index in [0.29, 0.717) is 37.1 Å². The Balaban J connectivity index is 0.00000338. The van der Waals surface area contributed by atoms with Gasteiger partial charge in [0.25, 0.3) is 0 Å². The summed E-state index contributed by atoms with van der Waals surface area (Å²) >= 11 is 6.11. The molecule has 0 fully saturated rings. The highest BCUT2D eigenvalue weighted by atomic mass is 35.5. The van der Waals surface area contributed by atoms with E-state index >= 15 is 0 Å². The fraction of sp³-hybridized carbons (Fsp3) is 0.316. The lowest BCUT2D eigenvalue weighted by Crippen LogP contribution is -2.35. The van der Waals surface area contributed by atoms with Gasteiger partial charge in [0.2, 0.25) is 5.91 Å². The lowest BCUT2D eigenvalue weighted by atomic mass is 10.1. The van der Waals surface area contributed by atoms with Crippen LogP contribution in [0.3, 0.4) is 0 Å². The summed E-state index contributed by atoms with van der Waals surface area (Å²) in [5.41, 5.74) is 2.02. The predicted molar refractivity (Wildman–Crippen MR) is 106 cm³/mol. The Labute approximate surface area is 165 Å². The second-order valence-corrected chi connectivity index (χ2v) is 5.84. The number of nitrogens with one attached hydrogen (secondary N) is 2. The van der Waals surface area contributed by atoms with Crippen LogP contribution in [-0.4, -0.2) is 32.7 Å². The Hall–Kier alpha value is -1.79. The Morgan fingerprint density at radius 2 is 1.77 bits per heavy atom. The molecule has 0 saturated heterocycles. The van der Waals surface area contributed by atoms with Crippen molar-refractivity contribution >= 4 is 29.9 Å². The van der Waals surface area contributed by atoms with Crippen molar-refractivity contribution in [3.63, 3.8) is 0 Å². The summed E-state index contributed by atoms with van der Waals surface area (Å²) in [6, 6.07) is 15.2. The zero-order valence-electron chi connectivity index (χ0n) is 14.7. The summed E-state index contributed by atoms with van der Waals surface area (Å²) in [5, 5.41) is 6.49. The summed E-state index contributed by atoms with van der Waals surface area (Å²) in [6.07, 6.45) is 0. The highest BCUT2D eigenvalue weighted by Gasteiger charge is 2.07. The number of hydrogen-bond acceptors (Lipinski definition) is 4. The smallest absolute Gasteiger partial charge is 0.234 e. The maximum absolute atomic E-state index is 11.9. The van der Waals surface area contributed by atoms with Crippen LogP contribution >= 0.6 is 24.0 Å². The summed E-state index contributed by atoms with van der Waals surface area (Å²) < 4.78 is 10.7. The molecule has 1 amide bonds. The van der Waals surface area contributed by atoms with Crippen LogP contribution in [0.4, 0.5) is 0 Å². The van der Waals surface area contributed by atoms with E-state index < -0.39 is 0 Å². The van der Waals surface area contributed by atoms with Crippen LogP contribution in [-0.2, 0) is 22.7 Å². The van der Waals surface area contributed by atoms with Gasteiger partial charge in [-0.05, 0) is 23.3 Å². The number of ether oxygens (including phenoxy) is 2. The van der Waals surface area contributed by atoms with Crippen LogP contribution in [0.25, 0.3) is 0 Å². The Kier molecular flexibility index (Phi) is 10.7. The summed E-state index contributed by atoms with van der Waals surface area (Å²) in [6.45, 7) is 2.33. The molecule has 0 aliphatic carbocycles. The molecule has 0 radical (unpaired) electrons. The van der Waals surface area contributed by atoms with Crippen molar-refractivity contribution < 1.29 is 14.3 Å². The van der Waals surface area contributed by atoms with E-state index in [-0.39, 0.29) is 24.9 Å². The second kappa shape index (κ2) is 12.5. The monoisotopic (exact) mass is 398 g/mol. The van der Waals surface area contributed by atoms with Gasteiger partial charge >= 0.3 is 0 Å². The van der Waals surface area contributed by atoms with Crippen LogP contribution in [0.2, 0.25) is 5.02 Å². The number of para-hydroxylation sites is 1. The largest absolute Gasteiger partial charge is 0.487 e. The van der Waals surface area contributed by atoms with Crippen LogP contribution in [0, 0.1) is 0 Å². The fourth-order valence-corrected chi connectivity index (χ4v) is 2.41. The molecule has 0 aromatic heterocycles. The van der Waals surface area contributed by atoms with Gasteiger partial charge in [0.15, 0.2) is 0 Å². The lowest BCUT2D eigenvalue weighted by Gasteiger charge is -2.13. The van der Waals surface area contributed by atoms with Crippen LogP contribution in [0.15, 0.2) is 48.5 Å². The first-order valence-corrected chi connectivity index (χ1v) is 8.49. The van der Waals surface area contributed by atoms with E-state index in [1.54, 1.807) is 13.2 Å². The molecule has 0 aliphatic heterocycles. The van der Waals surface area contributed by atoms with Crippen LogP contribution < -0.4 is 15.4 Å². The average Bonchev–Trinajstić information content (AvgIpc) is 2.63. The first kappa shape index (κ1) is 22.3. The summed E-state index contributed by atoms with van der Waals surface area (Å²) in [7, 11) is 1.63. The Bertz CT molecular complexity index is 683. The van der Waals surface area contributed by atoms with Crippen molar-refractivity contribution in [1.82, 2.24) is 10.6 Å². The highest BCUT2D eigenvalue weighted by molar-refractivity contribution is 6.32. The summed E-state index contributed by atoms with van der Waals surface area (Å²) in [5.74, 6) is 0.586. The molecule has 2 rings (SSSR count). The molecular weight excluding hydrogens is 375 g/mol. The van der Waals surface area contributed by atoms with Crippen LogP contribution in [0.5, 0.6) is 5.75 Å². The summed E-state index contributed by atoms with van der Waals surface area (Å²) in [4.78, 5) is 11.9. The first-order valence-electron chi connectivity index (χ1n) is 8.11. The standard InChI is InChI=1S/C19H23ClN2O3.ClH/c1-24-11-10-21-13-19(23)22-12-15-6-2-3-7-16(15)14-25-18-9-5-4-8-17(18)20;/h2-9,21H,10-14H2,1H3,(H,22,23);1H. The normalized spacial score (nSPS) is 10.1. The van der Waals surface area contributed by atoms with E-state index in [1.165, 1.54) is 0 Å². The van der Waals surface area contributed by atoms with Gasteiger partial charge in [-0.2, -0.15) is 0 Å². The number of hydrogen-bond donors (Lipinski definition) is 2. The molecule has 0 atom stereocenters. The third-order valence-electron chi connectivity index (χ3n) is 3.58. The SMILES string of the molecule is COCCNCC(=O)NCc1ccccc1COc1ccccc1Cl.Cl. The van der Waals surface area contributed by atoms with Crippen molar-refractivity contribution in [3.8, 4) is 5.75 Å². The molecular formula is C19H24Cl2N2O3. The molecule has 2 aromatic carbocycles. The van der Waals surface area contributed by atoms with Gasteiger partial charge in [-0.3, -0.25) is 4.79 Å². The number of carbonyl (C=O) groups is 1. The van der Waals surface area contributed by atoms with Gasteiger partial charge < -0.3 is 20.1 Å². The zero-order valence-corrected chi connectivity index (χ0v) is 16.2. The Morgan fingerprint density at radius 1 is 1.08 bits per heavy atom. The van der Waals surface area contributed by atoms with Gasteiger partial charge in [-0.1, -0.05) is 48.0 Å². The molecule has 26 heavy (non-hydrogen) atoms. The number of amides is 1. The molecule has 0 aliphatic rings. The third-order valence-corrected chi connectivity index (χ3v) is 3.89. The number of rotatable bonds is 10. The predicted octanol–water partition coefficient (Wildman–Crippen LogP) is 3.19. The molecule has 142 valence electrons. The van der Waals surface area contributed by atoms with Gasteiger partial charge in [0, 0.05) is 20.2 Å². The van der Waals surface area contributed by atoms with E-state index in [1.807, 2.05) is 42.5 Å². The number of methoxy groups -OCH3 is 1. The van der Waals surface area contributed by atoms with Gasteiger partial charge in [0.1, 0.15) is 12.4 Å². The van der Waals surface area contributed by atoms with Crippen molar-refractivity contribution in [2.45, 2.75) is 13.2 Å². The van der Waals surface area contributed by atoms with E-state index in [9.17, 15) is 4.79 Å². The van der Waals surface area contributed by atoms with Crippen molar-refractivity contribution in [2.75, 3.05) is 26.8 Å². The second-order valence-electron chi connectivity index (χ2n) is 5.43. The molecule has 0 bridgehead atoms. The number of benzene rings is 2. The minimum atomic E-state index is -0.0575. The van der Waals surface area contributed by atoms with Crippen LogP contribution in [0.1, 0.15) is 11.1 Å². The zero-order chi connectivity index (χ0) is 17.9. The molecule has 0 unspecified atom stereocenters. The maximum atomic E-state index is 11.9. The van der Waals surface area contributed by atoms with Crippen molar-refractivity contribution in [1.29, 1.82) is 0 Å². The molecule has 5 nitrogen and oxygen atoms in total. The van der Waals surface area contributed by atoms with E-state index in [4.69, 9.17) is 21.1 Å². The van der Waals surface area contributed by atoms with Crippen molar-refractivity contribution in [3.05, 3.63) is 64.7 Å². The first-order chi connectivity index (χ1) is 12.2. The Morgan fingerprint density at radius 3 is 2.50 bits per heavy atom. The number of carbonyl (C=O) groups excluding carboxylic acids is 1. The maximum Gasteiger partial charge on any atom is 0.234 e. The third kappa shape index (κ3) is 7.62. The molecule has 0 spiro atoms. The van der Waals surface area contributed by atoms with E-state index in [2.05, 4.69) is 10.6 Å². The fourth-order valence-electron chi connectivity index (χ4n) is 2.22. The molecule has 2 aromatic rings. The average molecular weight is 399 g/mol. The van der Waals surface area contributed by atoms with E-state index in [0.717, 1.165) is 11.1 Å². The minimum absolute atomic E-state index is 0. The van der Waals surface area contributed by atoms with Gasteiger partial charge in [-0.25, -0.2) is 0 Å². The molecule has 2 N–H and O–H groups in total. The lowest BCUT2D eigenvalue weighted by molar-refractivity contribution is -0.120. The quantitative estimate of drug-likeness (QED) is 0.603. The van der Waals surface area contributed by atoms with Gasteiger partial charge in [0.05, 0.1) is 18.2 Å². The topological polar surface area (TPSA) is 59.6 Å².